The van der Waals surface area contributed by atoms with E-state index >= 15 is 0 Å². The third-order valence-electron chi connectivity index (χ3n) is 6.04. The second-order valence-corrected chi connectivity index (χ2v) is 9.82. The zero-order chi connectivity index (χ0) is 25.8. The van der Waals surface area contributed by atoms with Gasteiger partial charge in [-0.05, 0) is 86.7 Å². The molecule has 186 valence electrons. The Balaban J connectivity index is 1.65. The lowest BCUT2D eigenvalue weighted by Crippen LogP contribution is -2.42. The molecule has 0 saturated heterocycles. The van der Waals surface area contributed by atoms with E-state index in [1.54, 1.807) is 18.1 Å². The minimum Gasteiger partial charge on any atom is -0.497 e. The Morgan fingerprint density at radius 2 is 1.83 bits per heavy atom. The highest BCUT2D eigenvalue weighted by Crippen LogP contribution is 2.27. The maximum absolute atomic E-state index is 13.2. The Labute approximate surface area is 215 Å². The van der Waals surface area contributed by atoms with E-state index in [0.29, 0.717) is 16.5 Å². The van der Waals surface area contributed by atoms with Crippen molar-refractivity contribution in [2.24, 2.45) is 0 Å². The van der Waals surface area contributed by atoms with Crippen molar-refractivity contribution in [1.82, 2.24) is 14.5 Å². The molecule has 0 aliphatic rings. The number of hydrogen-bond donors (Lipinski definition) is 1. The van der Waals surface area contributed by atoms with Gasteiger partial charge in [-0.2, -0.15) is 0 Å². The van der Waals surface area contributed by atoms with Crippen molar-refractivity contribution < 1.29 is 14.3 Å². The van der Waals surface area contributed by atoms with Crippen LogP contribution in [-0.2, 0) is 4.79 Å². The molecule has 0 aliphatic heterocycles. The van der Waals surface area contributed by atoms with Crippen LogP contribution >= 0.6 is 11.3 Å². The van der Waals surface area contributed by atoms with E-state index in [1.807, 2.05) is 72.5 Å². The van der Waals surface area contributed by atoms with Gasteiger partial charge in [0.1, 0.15) is 12.3 Å². The highest BCUT2D eigenvalue weighted by molar-refractivity contribution is 7.12. The van der Waals surface area contributed by atoms with Gasteiger partial charge in [0.25, 0.3) is 5.91 Å². The second kappa shape index (κ2) is 10.8. The van der Waals surface area contributed by atoms with Gasteiger partial charge >= 0.3 is 0 Å². The summed E-state index contributed by atoms with van der Waals surface area (Å²) in [7, 11) is 1.63. The van der Waals surface area contributed by atoms with Crippen molar-refractivity contribution >= 4 is 29.1 Å². The summed E-state index contributed by atoms with van der Waals surface area (Å²) in [5, 5.41) is 4.79. The summed E-state index contributed by atoms with van der Waals surface area (Å²) in [6.07, 6.45) is 1.90. The van der Waals surface area contributed by atoms with Crippen molar-refractivity contribution in [3.05, 3.63) is 82.2 Å². The zero-order valence-corrected chi connectivity index (χ0v) is 21.9. The smallest absolute Gasteiger partial charge is 0.264 e. The van der Waals surface area contributed by atoms with Crippen molar-refractivity contribution in [3.8, 4) is 22.7 Å². The highest BCUT2D eigenvalue weighted by Gasteiger charge is 2.23. The number of carbonyl (C=O) groups is 2. The lowest BCUT2D eigenvalue weighted by Gasteiger charge is -2.25. The Kier molecular flexibility index (Phi) is 7.55. The van der Waals surface area contributed by atoms with Crippen LogP contribution in [0.3, 0.4) is 0 Å². The summed E-state index contributed by atoms with van der Waals surface area (Å²) >= 11 is 1.37. The summed E-state index contributed by atoms with van der Waals surface area (Å²) < 4.78 is 7.13. The molecule has 0 fully saturated rings. The first-order chi connectivity index (χ1) is 17.3. The number of ether oxygens (including phenoxy) is 1. The number of nitrogens with zero attached hydrogens (tertiary/aromatic N) is 3. The average molecular weight is 503 g/mol. The van der Waals surface area contributed by atoms with E-state index in [-0.39, 0.29) is 24.4 Å². The van der Waals surface area contributed by atoms with E-state index in [4.69, 9.17) is 9.72 Å². The standard InChI is InChI=1S/C28H30N4O3S/c1-18(2)31(27(34)25-7-6-14-36-25)17-26(33)30-28-29-24(21-9-12-23(35-5)13-10-21)16-32(28)22-11-8-19(3)20(4)15-22/h6-16,18H,17H2,1-5H3,(H,29,30,33). The first kappa shape index (κ1) is 25.2. The average Bonchev–Trinajstić information content (AvgIpc) is 3.54. The van der Waals surface area contributed by atoms with Crippen LogP contribution in [0.2, 0.25) is 0 Å². The van der Waals surface area contributed by atoms with Crippen LogP contribution in [0.4, 0.5) is 5.95 Å². The summed E-state index contributed by atoms with van der Waals surface area (Å²) in [4.78, 5) is 33.0. The molecule has 0 aliphatic carbocycles. The Morgan fingerprint density at radius 1 is 1.08 bits per heavy atom. The predicted molar refractivity (Wildman–Crippen MR) is 144 cm³/mol. The molecule has 36 heavy (non-hydrogen) atoms. The van der Waals surface area contributed by atoms with Crippen LogP contribution in [0.25, 0.3) is 16.9 Å². The minimum atomic E-state index is -0.314. The number of methoxy groups -OCH3 is 1. The van der Waals surface area contributed by atoms with Crippen LogP contribution in [0.15, 0.2) is 66.2 Å². The van der Waals surface area contributed by atoms with Gasteiger partial charge in [0, 0.05) is 23.5 Å². The Bertz CT molecular complexity index is 1360. The molecule has 2 aromatic carbocycles. The molecule has 2 amide bonds. The minimum absolute atomic E-state index is 0.0773. The van der Waals surface area contributed by atoms with Crippen LogP contribution in [0.1, 0.15) is 34.6 Å². The lowest BCUT2D eigenvalue weighted by atomic mass is 10.1. The number of anilines is 1. The first-order valence-electron chi connectivity index (χ1n) is 11.7. The highest BCUT2D eigenvalue weighted by atomic mass is 32.1. The number of hydrogen-bond acceptors (Lipinski definition) is 5. The zero-order valence-electron chi connectivity index (χ0n) is 21.1. The van der Waals surface area contributed by atoms with E-state index in [9.17, 15) is 9.59 Å². The molecule has 0 atom stereocenters. The van der Waals surface area contributed by atoms with Gasteiger partial charge in [0.05, 0.1) is 17.7 Å². The topological polar surface area (TPSA) is 76.5 Å². The van der Waals surface area contributed by atoms with Crippen molar-refractivity contribution in [3.63, 3.8) is 0 Å². The van der Waals surface area contributed by atoms with Crippen LogP contribution in [0.5, 0.6) is 5.75 Å². The third kappa shape index (κ3) is 5.49. The molecule has 0 radical (unpaired) electrons. The largest absolute Gasteiger partial charge is 0.497 e. The van der Waals surface area contributed by atoms with E-state index < -0.39 is 0 Å². The monoisotopic (exact) mass is 502 g/mol. The fourth-order valence-corrected chi connectivity index (χ4v) is 4.47. The van der Waals surface area contributed by atoms with Crippen molar-refractivity contribution in [2.75, 3.05) is 19.0 Å². The predicted octanol–water partition coefficient (Wildman–Crippen LogP) is 5.72. The molecule has 4 aromatic rings. The third-order valence-corrected chi connectivity index (χ3v) is 6.90. The molecule has 8 heteroatoms. The fraction of sp³-hybridized carbons (Fsp3) is 0.250. The van der Waals surface area contributed by atoms with Gasteiger partial charge in [-0.15, -0.1) is 11.3 Å². The molecular formula is C28H30N4O3S. The number of benzene rings is 2. The number of amides is 2. The van der Waals surface area contributed by atoms with E-state index in [2.05, 4.69) is 25.2 Å². The lowest BCUT2D eigenvalue weighted by molar-refractivity contribution is -0.117. The molecule has 2 aromatic heterocycles. The number of aromatic nitrogens is 2. The Morgan fingerprint density at radius 3 is 2.44 bits per heavy atom. The Hall–Kier alpha value is -3.91. The number of rotatable bonds is 8. The number of nitrogens with one attached hydrogen (secondary N) is 1. The van der Waals surface area contributed by atoms with E-state index in [0.717, 1.165) is 22.6 Å². The maximum atomic E-state index is 13.2. The van der Waals surface area contributed by atoms with Gasteiger partial charge in [-0.3, -0.25) is 19.5 Å². The van der Waals surface area contributed by atoms with Gasteiger partial charge in [0.2, 0.25) is 11.9 Å². The molecule has 0 saturated carbocycles. The summed E-state index contributed by atoms with van der Waals surface area (Å²) in [6, 6.07) is 17.2. The number of carbonyl (C=O) groups excluding carboxylic acids is 2. The molecule has 0 spiro atoms. The summed E-state index contributed by atoms with van der Waals surface area (Å²) in [6.45, 7) is 7.83. The number of thiophene rings is 1. The maximum Gasteiger partial charge on any atom is 0.264 e. The van der Waals surface area contributed by atoms with Crippen LogP contribution in [-0.4, -0.2) is 46.0 Å². The first-order valence-corrected chi connectivity index (χ1v) is 12.6. The summed E-state index contributed by atoms with van der Waals surface area (Å²) in [5.74, 6) is 0.670. The van der Waals surface area contributed by atoms with Crippen LogP contribution in [0, 0.1) is 13.8 Å². The van der Waals surface area contributed by atoms with Gasteiger partial charge in [-0.25, -0.2) is 4.98 Å². The normalized spacial score (nSPS) is 10.9. The molecule has 1 N–H and O–H groups in total. The van der Waals surface area contributed by atoms with Gasteiger partial charge < -0.3 is 9.64 Å². The second-order valence-electron chi connectivity index (χ2n) is 8.87. The molecule has 0 bridgehead atoms. The summed E-state index contributed by atoms with van der Waals surface area (Å²) in [5.41, 5.74) is 4.81. The molecule has 0 unspecified atom stereocenters. The van der Waals surface area contributed by atoms with Crippen molar-refractivity contribution in [1.29, 1.82) is 0 Å². The van der Waals surface area contributed by atoms with Crippen LogP contribution < -0.4 is 10.1 Å². The van der Waals surface area contributed by atoms with Gasteiger partial charge in [0.15, 0.2) is 0 Å². The molecule has 2 heterocycles. The van der Waals surface area contributed by atoms with Crippen molar-refractivity contribution in [2.45, 2.75) is 33.7 Å². The number of aryl methyl sites for hydroxylation is 2. The fourth-order valence-electron chi connectivity index (χ4n) is 3.79. The molecule has 4 rings (SSSR count). The van der Waals surface area contributed by atoms with E-state index in [1.165, 1.54) is 16.9 Å². The quantitative estimate of drug-likeness (QED) is 0.335. The van der Waals surface area contributed by atoms with Gasteiger partial charge in [-0.1, -0.05) is 12.1 Å². The molecule has 7 nitrogen and oxygen atoms in total. The molecular weight excluding hydrogens is 472 g/mol. The number of imidazole rings is 1. The SMILES string of the molecule is COc1ccc(-c2cn(-c3ccc(C)c(C)c3)c(NC(=O)CN(C(=O)c3cccs3)C(C)C)n2)cc1.